The van der Waals surface area contributed by atoms with Crippen LogP contribution in [0.15, 0.2) is 72.8 Å². The molecular weight excluding hydrogens is 410 g/mol. The van der Waals surface area contributed by atoms with Crippen molar-refractivity contribution < 1.29 is 0 Å². The number of aryl methyl sites for hydroxylation is 3. The van der Waals surface area contributed by atoms with E-state index in [0.717, 1.165) is 47.7 Å². The fraction of sp³-hybridized carbons (Fsp3) is 0.214. The van der Waals surface area contributed by atoms with E-state index in [1.807, 2.05) is 0 Å². The van der Waals surface area contributed by atoms with Gasteiger partial charge >= 0.3 is 0 Å². The first-order chi connectivity index (χ1) is 15.7. The molecule has 0 saturated heterocycles. The Kier molecular flexibility index (Phi) is 5.87. The van der Waals surface area contributed by atoms with Crippen molar-refractivity contribution in [1.29, 1.82) is 0 Å². The zero-order valence-electron chi connectivity index (χ0n) is 18.6. The van der Waals surface area contributed by atoms with Crippen LogP contribution in [0.4, 0.5) is 5.82 Å². The van der Waals surface area contributed by atoms with Crippen LogP contribution in [0.2, 0.25) is 0 Å². The molecule has 4 aromatic rings. The Bertz CT molecular complexity index is 1300. The topological polar surface area (TPSA) is 37.8 Å². The van der Waals surface area contributed by atoms with Gasteiger partial charge in [-0.1, -0.05) is 72.3 Å². The van der Waals surface area contributed by atoms with Gasteiger partial charge in [-0.25, -0.2) is 9.97 Å². The van der Waals surface area contributed by atoms with Crippen molar-refractivity contribution in [3.05, 3.63) is 94.7 Å². The van der Waals surface area contributed by atoms with Gasteiger partial charge in [0.05, 0.1) is 5.39 Å². The maximum Gasteiger partial charge on any atom is 0.159 e. The fourth-order valence-electron chi connectivity index (χ4n) is 4.04. The van der Waals surface area contributed by atoms with Crippen LogP contribution in [-0.4, -0.2) is 16.5 Å². The number of anilines is 1. The molecule has 0 fully saturated rings. The molecule has 2 aromatic carbocycles. The zero-order valence-corrected chi connectivity index (χ0v) is 19.4. The molecule has 2 aromatic heterocycles. The third-order valence-electron chi connectivity index (χ3n) is 5.85. The van der Waals surface area contributed by atoms with Gasteiger partial charge in [0.1, 0.15) is 10.6 Å². The van der Waals surface area contributed by atoms with Gasteiger partial charge < -0.3 is 5.32 Å². The van der Waals surface area contributed by atoms with Crippen molar-refractivity contribution in [2.75, 3.05) is 11.9 Å². The highest BCUT2D eigenvalue weighted by molar-refractivity contribution is 7.18. The molecule has 2 heterocycles. The Labute approximate surface area is 193 Å². The van der Waals surface area contributed by atoms with Crippen molar-refractivity contribution in [2.24, 2.45) is 0 Å². The van der Waals surface area contributed by atoms with Crippen LogP contribution in [0.25, 0.3) is 26.9 Å². The third kappa shape index (κ3) is 4.51. The van der Waals surface area contributed by atoms with E-state index in [1.165, 1.54) is 32.7 Å². The summed E-state index contributed by atoms with van der Waals surface area (Å²) in [4.78, 5) is 12.0. The Hall–Kier alpha value is -3.24. The van der Waals surface area contributed by atoms with Gasteiger partial charge in [0.15, 0.2) is 5.82 Å². The SMILES string of the molecule is Cc1ccc(-c2ccc(CCCNc3nc(C4=CC=CC4)nc4sc(C)cc34)cc2)cc1. The van der Waals surface area contributed by atoms with Gasteiger partial charge in [0.2, 0.25) is 0 Å². The molecule has 1 aliphatic carbocycles. The van der Waals surface area contributed by atoms with Gasteiger partial charge in [-0.05, 0) is 55.9 Å². The number of nitrogens with one attached hydrogen (secondary N) is 1. The third-order valence-corrected chi connectivity index (χ3v) is 6.79. The van der Waals surface area contributed by atoms with Crippen LogP contribution >= 0.6 is 11.3 Å². The van der Waals surface area contributed by atoms with Gasteiger partial charge in [-0.2, -0.15) is 0 Å². The normalized spacial score (nSPS) is 13.0. The highest BCUT2D eigenvalue weighted by Gasteiger charge is 2.14. The summed E-state index contributed by atoms with van der Waals surface area (Å²) in [5.41, 5.74) is 6.39. The first-order valence-corrected chi connectivity index (χ1v) is 12.0. The second-order valence-corrected chi connectivity index (χ2v) is 9.62. The number of thiophene rings is 1. The zero-order chi connectivity index (χ0) is 21.9. The molecule has 160 valence electrons. The molecule has 1 N–H and O–H groups in total. The highest BCUT2D eigenvalue weighted by atomic mass is 32.1. The summed E-state index contributed by atoms with van der Waals surface area (Å²) in [6.07, 6.45) is 9.36. The van der Waals surface area contributed by atoms with Crippen molar-refractivity contribution in [3.63, 3.8) is 0 Å². The summed E-state index contributed by atoms with van der Waals surface area (Å²) < 4.78 is 0. The molecule has 0 radical (unpaired) electrons. The van der Waals surface area contributed by atoms with E-state index in [-0.39, 0.29) is 0 Å². The van der Waals surface area contributed by atoms with Gasteiger partial charge in [-0.3, -0.25) is 0 Å². The van der Waals surface area contributed by atoms with E-state index in [4.69, 9.17) is 9.97 Å². The molecule has 1 aliphatic rings. The van der Waals surface area contributed by atoms with E-state index in [0.29, 0.717) is 0 Å². The van der Waals surface area contributed by atoms with E-state index < -0.39 is 0 Å². The van der Waals surface area contributed by atoms with E-state index in [1.54, 1.807) is 11.3 Å². The number of aromatic nitrogens is 2. The van der Waals surface area contributed by atoms with E-state index in [9.17, 15) is 0 Å². The van der Waals surface area contributed by atoms with Gasteiger partial charge in [-0.15, -0.1) is 11.3 Å². The predicted octanol–water partition coefficient (Wildman–Crippen LogP) is 7.36. The standard InChI is InChI=1S/C28H27N3S/c1-19-9-13-22(14-10-19)23-15-11-21(12-16-23)6-5-17-29-27-25-18-20(2)32-28(25)31-26(30-27)24-7-3-4-8-24/h3-4,7,9-16,18H,5-6,8,17H2,1-2H3,(H,29,30,31). The van der Waals surface area contributed by atoms with Gasteiger partial charge in [0, 0.05) is 17.0 Å². The molecule has 5 rings (SSSR count). The van der Waals surface area contributed by atoms with E-state index >= 15 is 0 Å². The summed E-state index contributed by atoms with van der Waals surface area (Å²) >= 11 is 1.74. The number of hydrogen-bond donors (Lipinski definition) is 1. The Morgan fingerprint density at radius 2 is 1.69 bits per heavy atom. The number of fused-ring (bicyclic) bond motifs is 1. The number of nitrogens with zero attached hydrogens (tertiary/aromatic N) is 2. The molecule has 0 saturated carbocycles. The summed E-state index contributed by atoms with van der Waals surface area (Å²) in [6, 6.07) is 19.9. The van der Waals surface area contributed by atoms with Crippen LogP contribution < -0.4 is 5.32 Å². The largest absolute Gasteiger partial charge is 0.369 e. The Balaban J connectivity index is 1.23. The van der Waals surface area contributed by atoms with Crippen LogP contribution in [0, 0.1) is 13.8 Å². The first-order valence-electron chi connectivity index (χ1n) is 11.2. The smallest absolute Gasteiger partial charge is 0.159 e. The fourth-order valence-corrected chi connectivity index (χ4v) is 4.92. The van der Waals surface area contributed by atoms with E-state index in [2.05, 4.69) is 92.0 Å². The lowest BCUT2D eigenvalue weighted by Gasteiger charge is -2.10. The Morgan fingerprint density at radius 3 is 2.41 bits per heavy atom. The van der Waals surface area contributed by atoms with Crippen molar-refractivity contribution in [2.45, 2.75) is 33.1 Å². The van der Waals surface area contributed by atoms with Crippen molar-refractivity contribution in [3.8, 4) is 11.1 Å². The van der Waals surface area contributed by atoms with Crippen LogP contribution in [-0.2, 0) is 6.42 Å². The Morgan fingerprint density at radius 1 is 0.938 bits per heavy atom. The lowest BCUT2D eigenvalue weighted by molar-refractivity contribution is 0.859. The number of hydrogen-bond acceptors (Lipinski definition) is 4. The van der Waals surface area contributed by atoms with Crippen LogP contribution in [0.1, 0.15) is 34.7 Å². The molecule has 0 atom stereocenters. The first kappa shape index (κ1) is 20.7. The van der Waals surface area contributed by atoms with Crippen molar-refractivity contribution >= 4 is 32.9 Å². The molecule has 3 nitrogen and oxygen atoms in total. The van der Waals surface area contributed by atoms with Gasteiger partial charge in [0.25, 0.3) is 0 Å². The number of benzene rings is 2. The maximum atomic E-state index is 4.87. The van der Waals surface area contributed by atoms with Crippen LogP contribution in [0.5, 0.6) is 0 Å². The monoisotopic (exact) mass is 437 g/mol. The molecule has 32 heavy (non-hydrogen) atoms. The van der Waals surface area contributed by atoms with Crippen LogP contribution in [0.3, 0.4) is 0 Å². The summed E-state index contributed by atoms with van der Waals surface area (Å²) in [5, 5.41) is 4.72. The molecule has 4 heteroatoms. The lowest BCUT2D eigenvalue weighted by atomic mass is 10.0. The molecule has 0 spiro atoms. The second kappa shape index (κ2) is 9.09. The maximum absolute atomic E-state index is 4.87. The summed E-state index contributed by atoms with van der Waals surface area (Å²) in [6.45, 7) is 5.14. The molecular formula is C28H27N3S. The molecule has 0 amide bonds. The quantitative estimate of drug-likeness (QED) is 0.307. The summed E-state index contributed by atoms with van der Waals surface area (Å²) in [7, 11) is 0. The average molecular weight is 438 g/mol. The second-order valence-electron chi connectivity index (χ2n) is 8.39. The molecule has 0 aliphatic heterocycles. The number of allylic oxidation sites excluding steroid dienone is 4. The summed E-state index contributed by atoms with van der Waals surface area (Å²) in [5.74, 6) is 1.80. The minimum absolute atomic E-state index is 0.846. The number of rotatable bonds is 7. The highest BCUT2D eigenvalue weighted by Crippen LogP contribution is 2.31. The minimum atomic E-state index is 0.846. The minimum Gasteiger partial charge on any atom is -0.369 e. The predicted molar refractivity (Wildman–Crippen MR) is 137 cm³/mol. The molecule has 0 unspecified atom stereocenters. The average Bonchev–Trinajstić information content (AvgIpc) is 3.47. The molecule has 0 bridgehead atoms. The van der Waals surface area contributed by atoms with Crippen molar-refractivity contribution in [1.82, 2.24) is 9.97 Å². The lowest BCUT2D eigenvalue weighted by Crippen LogP contribution is -2.07.